The lowest BCUT2D eigenvalue weighted by molar-refractivity contribution is 0.382. The highest BCUT2D eigenvalue weighted by Gasteiger charge is 2.22. The SMILES string of the molecule is Cn1nc(N2CCC(CCN)CC2)c(=O)n(C)c1=O. The average molecular weight is 267 g/mol. The molecule has 0 saturated carbocycles. The molecule has 0 aromatic carbocycles. The molecule has 0 radical (unpaired) electrons. The van der Waals surface area contributed by atoms with Gasteiger partial charge in [-0.3, -0.25) is 9.36 Å². The Labute approximate surface area is 111 Å². The molecular formula is C12H21N5O2. The van der Waals surface area contributed by atoms with E-state index in [9.17, 15) is 9.59 Å². The van der Waals surface area contributed by atoms with Crippen molar-refractivity contribution >= 4 is 5.82 Å². The van der Waals surface area contributed by atoms with Crippen molar-refractivity contribution in [2.45, 2.75) is 19.3 Å². The molecule has 7 heteroatoms. The summed E-state index contributed by atoms with van der Waals surface area (Å²) in [6, 6.07) is 0. The molecule has 7 nitrogen and oxygen atoms in total. The van der Waals surface area contributed by atoms with Gasteiger partial charge in [-0.25, -0.2) is 9.48 Å². The van der Waals surface area contributed by atoms with Crippen molar-refractivity contribution in [2.75, 3.05) is 24.5 Å². The van der Waals surface area contributed by atoms with Crippen LogP contribution < -0.4 is 21.9 Å². The van der Waals surface area contributed by atoms with Gasteiger partial charge in [0.25, 0.3) is 5.56 Å². The van der Waals surface area contributed by atoms with Gasteiger partial charge in [0.05, 0.1) is 0 Å². The van der Waals surface area contributed by atoms with Gasteiger partial charge in [0.15, 0.2) is 0 Å². The Hall–Kier alpha value is -1.63. The van der Waals surface area contributed by atoms with E-state index in [1.54, 1.807) is 7.05 Å². The Balaban J connectivity index is 2.21. The molecule has 19 heavy (non-hydrogen) atoms. The van der Waals surface area contributed by atoms with E-state index in [2.05, 4.69) is 5.10 Å². The minimum absolute atomic E-state index is 0.319. The Kier molecular flexibility index (Phi) is 4.04. The molecule has 1 saturated heterocycles. The predicted molar refractivity (Wildman–Crippen MR) is 73.3 cm³/mol. The van der Waals surface area contributed by atoms with Crippen LogP contribution >= 0.6 is 0 Å². The summed E-state index contributed by atoms with van der Waals surface area (Å²) in [5.74, 6) is 1.01. The van der Waals surface area contributed by atoms with Gasteiger partial charge in [0.1, 0.15) is 0 Å². The normalized spacial score (nSPS) is 16.9. The molecule has 0 atom stereocenters. The van der Waals surface area contributed by atoms with Crippen molar-refractivity contribution < 1.29 is 0 Å². The molecule has 0 amide bonds. The summed E-state index contributed by atoms with van der Waals surface area (Å²) in [4.78, 5) is 25.6. The lowest BCUT2D eigenvalue weighted by Gasteiger charge is -2.32. The first-order valence-electron chi connectivity index (χ1n) is 6.64. The van der Waals surface area contributed by atoms with Crippen LogP contribution in [0.5, 0.6) is 0 Å². The fraction of sp³-hybridized carbons (Fsp3) is 0.750. The van der Waals surface area contributed by atoms with Crippen molar-refractivity contribution in [3.63, 3.8) is 0 Å². The monoisotopic (exact) mass is 267 g/mol. The van der Waals surface area contributed by atoms with Crippen molar-refractivity contribution in [2.24, 2.45) is 25.7 Å². The first kappa shape index (κ1) is 13.8. The lowest BCUT2D eigenvalue weighted by Crippen LogP contribution is -2.45. The van der Waals surface area contributed by atoms with Crippen LogP contribution in [0.15, 0.2) is 9.59 Å². The van der Waals surface area contributed by atoms with Gasteiger partial charge < -0.3 is 10.6 Å². The highest BCUT2D eigenvalue weighted by Crippen LogP contribution is 2.21. The van der Waals surface area contributed by atoms with Gasteiger partial charge in [0, 0.05) is 27.2 Å². The standard InChI is InChI=1S/C12H21N5O2/c1-15-11(18)10(14-16(2)12(15)19)17-7-4-9(3-6-13)5-8-17/h9H,3-8,13H2,1-2H3. The molecule has 0 unspecified atom stereocenters. The maximum atomic E-state index is 12.1. The second-order valence-corrected chi connectivity index (χ2v) is 5.10. The molecule has 2 rings (SSSR count). The van der Waals surface area contributed by atoms with Crippen LogP contribution in [-0.4, -0.2) is 34.0 Å². The van der Waals surface area contributed by atoms with E-state index in [1.165, 1.54) is 11.7 Å². The summed E-state index contributed by atoms with van der Waals surface area (Å²) in [5, 5.41) is 4.10. The Morgan fingerprint density at radius 3 is 2.47 bits per heavy atom. The number of aryl methyl sites for hydroxylation is 1. The third-order valence-corrected chi connectivity index (χ3v) is 3.79. The van der Waals surface area contributed by atoms with Crippen LogP contribution in [0.1, 0.15) is 19.3 Å². The van der Waals surface area contributed by atoms with Gasteiger partial charge in [-0.1, -0.05) is 0 Å². The van der Waals surface area contributed by atoms with E-state index in [1.807, 2.05) is 4.90 Å². The molecule has 2 N–H and O–H groups in total. The molecule has 0 spiro atoms. The van der Waals surface area contributed by atoms with E-state index >= 15 is 0 Å². The third kappa shape index (κ3) is 2.70. The van der Waals surface area contributed by atoms with Crippen molar-refractivity contribution in [1.82, 2.24) is 14.3 Å². The third-order valence-electron chi connectivity index (χ3n) is 3.79. The van der Waals surface area contributed by atoms with Crippen LogP contribution in [0.4, 0.5) is 5.82 Å². The Morgan fingerprint density at radius 1 is 1.26 bits per heavy atom. The molecule has 2 heterocycles. The van der Waals surface area contributed by atoms with Gasteiger partial charge in [0.2, 0.25) is 5.82 Å². The van der Waals surface area contributed by atoms with Crippen molar-refractivity contribution in [3.05, 3.63) is 20.8 Å². The van der Waals surface area contributed by atoms with Gasteiger partial charge >= 0.3 is 5.69 Å². The molecule has 1 fully saturated rings. The molecule has 106 valence electrons. The van der Waals surface area contributed by atoms with Crippen LogP contribution in [-0.2, 0) is 14.1 Å². The molecule has 0 bridgehead atoms. The fourth-order valence-electron chi connectivity index (χ4n) is 2.55. The molecule has 1 aromatic heterocycles. The Bertz CT molecular complexity index is 554. The van der Waals surface area contributed by atoms with Crippen LogP contribution in [0.25, 0.3) is 0 Å². The molecule has 1 aliphatic rings. The lowest BCUT2D eigenvalue weighted by atomic mass is 9.94. The number of piperidine rings is 1. The number of nitrogens with zero attached hydrogens (tertiary/aromatic N) is 4. The van der Waals surface area contributed by atoms with Crippen LogP contribution in [0.2, 0.25) is 0 Å². The smallest absolute Gasteiger partial charge is 0.346 e. The van der Waals surface area contributed by atoms with Crippen molar-refractivity contribution in [1.29, 1.82) is 0 Å². The van der Waals surface area contributed by atoms with Crippen LogP contribution in [0.3, 0.4) is 0 Å². The summed E-state index contributed by atoms with van der Waals surface area (Å²) in [7, 11) is 3.05. The second-order valence-electron chi connectivity index (χ2n) is 5.10. The Morgan fingerprint density at radius 2 is 1.89 bits per heavy atom. The summed E-state index contributed by atoms with van der Waals surface area (Å²) in [5.41, 5.74) is 4.85. The number of rotatable bonds is 3. The number of anilines is 1. The first-order chi connectivity index (χ1) is 9.04. The van der Waals surface area contributed by atoms with E-state index in [4.69, 9.17) is 5.73 Å². The molecule has 0 aliphatic carbocycles. The van der Waals surface area contributed by atoms with E-state index in [-0.39, 0.29) is 5.56 Å². The van der Waals surface area contributed by atoms with Gasteiger partial charge in [-0.15, -0.1) is 5.10 Å². The minimum Gasteiger partial charge on any atom is -0.351 e. The summed E-state index contributed by atoms with van der Waals surface area (Å²) >= 11 is 0. The highest BCUT2D eigenvalue weighted by atomic mass is 16.2. The van der Waals surface area contributed by atoms with Gasteiger partial charge in [-0.2, -0.15) is 0 Å². The largest absolute Gasteiger partial charge is 0.351 e. The maximum absolute atomic E-state index is 12.1. The van der Waals surface area contributed by atoms with Crippen LogP contribution in [0, 0.1) is 5.92 Å². The average Bonchev–Trinajstić information content (AvgIpc) is 2.42. The summed E-state index contributed by atoms with van der Waals surface area (Å²) in [6.45, 7) is 2.31. The minimum atomic E-state index is -0.397. The number of nitrogens with two attached hydrogens (primary N) is 1. The van der Waals surface area contributed by atoms with E-state index in [0.29, 0.717) is 18.3 Å². The molecular weight excluding hydrogens is 246 g/mol. The first-order valence-corrected chi connectivity index (χ1v) is 6.64. The molecule has 1 aliphatic heterocycles. The zero-order valence-corrected chi connectivity index (χ0v) is 11.5. The topological polar surface area (TPSA) is 86.2 Å². The number of hydrogen-bond donors (Lipinski definition) is 1. The van der Waals surface area contributed by atoms with E-state index < -0.39 is 5.69 Å². The molecule has 1 aromatic rings. The van der Waals surface area contributed by atoms with Gasteiger partial charge in [-0.05, 0) is 31.7 Å². The second kappa shape index (κ2) is 5.56. The highest BCUT2D eigenvalue weighted by molar-refractivity contribution is 5.35. The zero-order valence-electron chi connectivity index (χ0n) is 11.5. The summed E-state index contributed by atoms with van der Waals surface area (Å²) in [6.07, 6.45) is 3.07. The zero-order chi connectivity index (χ0) is 14.0. The summed E-state index contributed by atoms with van der Waals surface area (Å²) < 4.78 is 2.32. The van der Waals surface area contributed by atoms with E-state index in [0.717, 1.165) is 36.9 Å². The maximum Gasteiger partial charge on any atom is 0.346 e. The quantitative estimate of drug-likeness (QED) is 0.762. The number of hydrogen-bond acceptors (Lipinski definition) is 5. The predicted octanol–water partition coefficient (Wildman–Crippen LogP) is -0.956. The fourth-order valence-corrected chi connectivity index (χ4v) is 2.55. The van der Waals surface area contributed by atoms with Crippen molar-refractivity contribution in [3.8, 4) is 0 Å². The number of aromatic nitrogens is 3.